The molecule has 0 aromatic carbocycles. The van der Waals surface area contributed by atoms with Crippen molar-refractivity contribution in [1.29, 1.82) is 0 Å². The lowest BCUT2D eigenvalue weighted by atomic mass is 9.80. The molecular formula is C10H13N3O3S. The van der Waals surface area contributed by atoms with Crippen LogP contribution in [0, 0.1) is 5.41 Å². The summed E-state index contributed by atoms with van der Waals surface area (Å²) in [6.45, 7) is 2.64. The molecule has 1 aliphatic rings. The first-order chi connectivity index (χ1) is 8.03. The number of likely N-dealkylation sites (tertiary alicyclic amines) is 1. The molecule has 7 heteroatoms. The second-order valence-corrected chi connectivity index (χ2v) is 5.06. The SMILES string of the molecule is CC1(C(=O)O)CCN(C(=O)c2csnn2)CC1. The van der Waals surface area contributed by atoms with Crippen LogP contribution in [0.4, 0.5) is 0 Å². The minimum atomic E-state index is -0.792. The Morgan fingerprint density at radius 3 is 2.59 bits per heavy atom. The maximum Gasteiger partial charge on any atom is 0.309 e. The molecule has 0 aliphatic carbocycles. The van der Waals surface area contributed by atoms with Crippen LogP contribution < -0.4 is 0 Å². The molecule has 0 atom stereocenters. The molecule has 0 bridgehead atoms. The van der Waals surface area contributed by atoms with Crippen LogP contribution in [0.3, 0.4) is 0 Å². The zero-order valence-corrected chi connectivity index (χ0v) is 10.2. The van der Waals surface area contributed by atoms with E-state index in [2.05, 4.69) is 9.59 Å². The van der Waals surface area contributed by atoms with Crippen LogP contribution in [0.2, 0.25) is 0 Å². The van der Waals surface area contributed by atoms with Crippen LogP contribution >= 0.6 is 11.5 Å². The summed E-state index contributed by atoms with van der Waals surface area (Å²) in [5.74, 6) is -0.953. The molecule has 1 fully saturated rings. The summed E-state index contributed by atoms with van der Waals surface area (Å²) in [5, 5.41) is 14.4. The highest BCUT2D eigenvalue weighted by molar-refractivity contribution is 7.03. The number of carboxylic acid groups (broad SMARTS) is 1. The van der Waals surface area contributed by atoms with E-state index in [9.17, 15) is 9.59 Å². The van der Waals surface area contributed by atoms with Gasteiger partial charge in [0.1, 0.15) is 0 Å². The monoisotopic (exact) mass is 255 g/mol. The summed E-state index contributed by atoms with van der Waals surface area (Å²) in [7, 11) is 0. The predicted octanol–water partition coefficient (Wildman–Crippen LogP) is 0.865. The third-order valence-corrected chi connectivity index (χ3v) is 3.75. The number of hydrogen-bond acceptors (Lipinski definition) is 5. The van der Waals surface area contributed by atoms with Crippen molar-refractivity contribution in [1.82, 2.24) is 14.5 Å². The van der Waals surface area contributed by atoms with Crippen molar-refractivity contribution >= 4 is 23.4 Å². The van der Waals surface area contributed by atoms with E-state index < -0.39 is 11.4 Å². The van der Waals surface area contributed by atoms with Crippen LogP contribution in [0.5, 0.6) is 0 Å². The van der Waals surface area contributed by atoms with E-state index in [0.717, 1.165) is 11.5 Å². The summed E-state index contributed by atoms with van der Waals surface area (Å²) >= 11 is 1.13. The van der Waals surface area contributed by atoms with Crippen molar-refractivity contribution in [3.8, 4) is 0 Å². The molecule has 0 spiro atoms. The van der Waals surface area contributed by atoms with Crippen molar-refractivity contribution in [2.45, 2.75) is 19.8 Å². The minimum Gasteiger partial charge on any atom is -0.481 e. The van der Waals surface area contributed by atoms with Crippen molar-refractivity contribution in [2.24, 2.45) is 5.41 Å². The highest BCUT2D eigenvalue weighted by atomic mass is 32.1. The van der Waals surface area contributed by atoms with Crippen LogP contribution in [0.25, 0.3) is 0 Å². The van der Waals surface area contributed by atoms with Gasteiger partial charge in [-0.3, -0.25) is 9.59 Å². The fourth-order valence-corrected chi connectivity index (χ4v) is 2.27. The number of rotatable bonds is 2. The van der Waals surface area contributed by atoms with E-state index >= 15 is 0 Å². The van der Waals surface area contributed by atoms with Gasteiger partial charge in [0, 0.05) is 18.5 Å². The Bertz CT molecular complexity index is 424. The molecule has 1 aromatic rings. The van der Waals surface area contributed by atoms with Crippen LogP contribution in [0.1, 0.15) is 30.3 Å². The van der Waals surface area contributed by atoms with Crippen LogP contribution in [-0.2, 0) is 4.79 Å². The van der Waals surface area contributed by atoms with Crippen molar-refractivity contribution in [3.05, 3.63) is 11.1 Å². The summed E-state index contributed by atoms with van der Waals surface area (Å²) in [6, 6.07) is 0. The number of hydrogen-bond donors (Lipinski definition) is 1. The fraction of sp³-hybridized carbons (Fsp3) is 0.600. The normalized spacial score (nSPS) is 19.0. The van der Waals surface area contributed by atoms with Gasteiger partial charge in [-0.05, 0) is 31.3 Å². The Kier molecular flexibility index (Phi) is 3.10. The molecule has 0 radical (unpaired) electrons. The highest BCUT2D eigenvalue weighted by Gasteiger charge is 2.38. The first-order valence-corrected chi connectivity index (χ1v) is 6.16. The average Bonchev–Trinajstić information content (AvgIpc) is 2.82. The zero-order valence-electron chi connectivity index (χ0n) is 9.42. The van der Waals surface area contributed by atoms with Crippen LogP contribution in [-0.4, -0.2) is 44.6 Å². The number of carboxylic acids is 1. The van der Waals surface area contributed by atoms with Crippen molar-refractivity contribution < 1.29 is 14.7 Å². The first-order valence-electron chi connectivity index (χ1n) is 5.33. The molecular weight excluding hydrogens is 242 g/mol. The molecule has 1 N–H and O–H groups in total. The summed E-state index contributed by atoms with van der Waals surface area (Å²) in [5.41, 5.74) is -0.370. The van der Waals surface area contributed by atoms with E-state index in [1.54, 1.807) is 17.2 Å². The highest BCUT2D eigenvalue weighted by Crippen LogP contribution is 2.31. The Hall–Kier alpha value is -1.50. The van der Waals surface area contributed by atoms with E-state index in [1.165, 1.54) is 0 Å². The van der Waals surface area contributed by atoms with Gasteiger partial charge in [-0.2, -0.15) is 0 Å². The van der Waals surface area contributed by atoms with Gasteiger partial charge in [-0.25, -0.2) is 0 Å². The first kappa shape index (κ1) is 12.0. The molecule has 2 rings (SSSR count). The van der Waals surface area contributed by atoms with Gasteiger partial charge in [0.2, 0.25) is 0 Å². The predicted molar refractivity (Wildman–Crippen MR) is 60.8 cm³/mol. The number of amides is 1. The lowest BCUT2D eigenvalue weighted by molar-refractivity contribution is -0.150. The second kappa shape index (κ2) is 4.40. The zero-order chi connectivity index (χ0) is 12.5. The second-order valence-electron chi connectivity index (χ2n) is 4.45. The summed E-state index contributed by atoms with van der Waals surface area (Å²) in [4.78, 5) is 24.6. The topological polar surface area (TPSA) is 83.4 Å². The molecule has 92 valence electrons. The molecule has 0 saturated carbocycles. The third kappa shape index (κ3) is 2.28. The van der Waals surface area contributed by atoms with Gasteiger partial charge < -0.3 is 10.0 Å². The Morgan fingerprint density at radius 2 is 2.12 bits per heavy atom. The number of carbonyl (C=O) groups excluding carboxylic acids is 1. The average molecular weight is 255 g/mol. The van der Waals surface area contributed by atoms with Crippen molar-refractivity contribution in [3.63, 3.8) is 0 Å². The van der Waals surface area contributed by atoms with Gasteiger partial charge in [0.15, 0.2) is 5.69 Å². The van der Waals surface area contributed by atoms with Gasteiger partial charge in [-0.15, -0.1) is 5.10 Å². The van der Waals surface area contributed by atoms with Gasteiger partial charge in [0.05, 0.1) is 5.41 Å². The molecule has 1 amide bonds. The standard InChI is InChI=1S/C10H13N3O3S/c1-10(9(15)16)2-4-13(5-3-10)8(14)7-6-17-12-11-7/h6H,2-5H2,1H3,(H,15,16). The number of aromatic nitrogens is 2. The Morgan fingerprint density at radius 1 is 1.47 bits per heavy atom. The number of carbonyl (C=O) groups is 2. The largest absolute Gasteiger partial charge is 0.481 e. The molecule has 0 unspecified atom stereocenters. The quantitative estimate of drug-likeness (QED) is 0.847. The van der Waals surface area contributed by atoms with Crippen LogP contribution in [0.15, 0.2) is 5.38 Å². The van der Waals surface area contributed by atoms with E-state index in [0.29, 0.717) is 31.6 Å². The van der Waals surface area contributed by atoms with Gasteiger partial charge in [-0.1, -0.05) is 4.49 Å². The van der Waals surface area contributed by atoms with Gasteiger partial charge in [0.25, 0.3) is 5.91 Å². The minimum absolute atomic E-state index is 0.161. The van der Waals surface area contributed by atoms with Crippen molar-refractivity contribution in [2.75, 3.05) is 13.1 Å². The number of aliphatic carboxylic acids is 1. The third-order valence-electron chi connectivity index (χ3n) is 3.25. The molecule has 2 heterocycles. The number of nitrogens with zero attached hydrogens (tertiary/aromatic N) is 3. The molecule has 17 heavy (non-hydrogen) atoms. The molecule has 1 aliphatic heterocycles. The lowest BCUT2D eigenvalue weighted by Gasteiger charge is -2.36. The summed E-state index contributed by atoms with van der Waals surface area (Å²) in [6.07, 6.45) is 0.956. The molecule has 1 aromatic heterocycles. The smallest absolute Gasteiger partial charge is 0.309 e. The van der Waals surface area contributed by atoms with E-state index in [1.807, 2.05) is 0 Å². The lowest BCUT2D eigenvalue weighted by Crippen LogP contribution is -2.45. The fourth-order valence-electron chi connectivity index (χ4n) is 1.84. The summed E-state index contributed by atoms with van der Waals surface area (Å²) < 4.78 is 3.64. The molecule has 6 nitrogen and oxygen atoms in total. The van der Waals surface area contributed by atoms with Gasteiger partial charge >= 0.3 is 5.97 Å². The maximum absolute atomic E-state index is 11.9. The Labute approximate surface area is 102 Å². The maximum atomic E-state index is 11.9. The number of piperidine rings is 1. The Balaban J connectivity index is 2.00. The van der Waals surface area contributed by atoms with E-state index in [4.69, 9.17) is 5.11 Å². The van der Waals surface area contributed by atoms with E-state index in [-0.39, 0.29) is 5.91 Å². The molecule has 1 saturated heterocycles.